The number of nitrogens with one attached hydrogen (secondary N) is 1. The molecule has 0 aliphatic carbocycles. The second kappa shape index (κ2) is 6.79. The molecule has 3 aromatic rings. The van der Waals surface area contributed by atoms with Gasteiger partial charge in [0, 0.05) is 15.7 Å². The summed E-state index contributed by atoms with van der Waals surface area (Å²) in [4.78, 5) is 12.3. The van der Waals surface area contributed by atoms with E-state index in [-0.39, 0.29) is 5.91 Å². The van der Waals surface area contributed by atoms with Crippen molar-refractivity contribution < 1.29 is 4.79 Å². The fraction of sp³-hybridized carbons (Fsp3) is 0.111. The van der Waals surface area contributed by atoms with Gasteiger partial charge in [-0.15, -0.1) is 0 Å². The minimum atomic E-state index is -0.154. The highest BCUT2D eigenvalue weighted by Gasteiger charge is 2.11. The van der Waals surface area contributed by atoms with Crippen LogP contribution in [0.25, 0.3) is 5.69 Å². The summed E-state index contributed by atoms with van der Waals surface area (Å²) in [6.45, 7) is 3.80. The van der Waals surface area contributed by atoms with Gasteiger partial charge in [0.2, 0.25) is 0 Å². The maximum Gasteiger partial charge on any atom is 0.255 e. The Labute approximate surface area is 153 Å². The summed E-state index contributed by atoms with van der Waals surface area (Å²) < 4.78 is 2.66. The minimum absolute atomic E-state index is 0.154. The lowest BCUT2D eigenvalue weighted by Crippen LogP contribution is -2.11. The van der Waals surface area contributed by atoms with Gasteiger partial charge < -0.3 is 5.32 Å². The van der Waals surface area contributed by atoms with E-state index in [9.17, 15) is 4.79 Å². The van der Waals surface area contributed by atoms with Crippen molar-refractivity contribution in [1.82, 2.24) is 9.78 Å². The summed E-state index contributed by atoms with van der Waals surface area (Å²) in [5.74, 6) is -0.154. The van der Waals surface area contributed by atoms with Crippen LogP contribution in [0.2, 0.25) is 5.02 Å². The van der Waals surface area contributed by atoms with Gasteiger partial charge in [-0.3, -0.25) is 4.79 Å². The Morgan fingerprint density at radius 2 is 1.88 bits per heavy atom. The van der Waals surface area contributed by atoms with Crippen LogP contribution in [0.5, 0.6) is 0 Å². The van der Waals surface area contributed by atoms with Crippen molar-refractivity contribution in [3.63, 3.8) is 0 Å². The van der Waals surface area contributed by atoms with Gasteiger partial charge in [0.05, 0.1) is 22.1 Å². The van der Waals surface area contributed by atoms with Crippen LogP contribution in [0.3, 0.4) is 0 Å². The molecule has 1 N–H and O–H groups in total. The topological polar surface area (TPSA) is 46.9 Å². The van der Waals surface area contributed by atoms with Crippen molar-refractivity contribution in [2.24, 2.45) is 0 Å². The number of nitrogens with zero attached hydrogens (tertiary/aromatic N) is 2. The number of benzene rings is 2. The number of halogens is 2. The Morgan fingerprint density at radius 3 is 2.46 bits per heavy atom. The second-order valence-corrected chi connectivity index (χ2v) is 6.70. The molecule has 0 unspecified atom stereocenters. The summed E-state index contributed by atoms with van der Waals surface area (Å²) in [6.07, 6.45) is 0. The van der Waals surface area contributed by atoms with E-state index >= 15 is 0 Å². The highest BCUT2D eigenvalue weighted by atomic mass is 79.9. The Balaban J connectivity index is 1.80. The largest absolute Gasteiger partial charge is 0.322 e. The van der Waals surface area contributed by atoms with E-state index in [1.54, 1.807) is 16.8 Å². The van der Waals surface area contributed by atoms with E-state index in [1.165, 1.54) is 0 Å². The van der Waals surface area contributed by atoms with Gasteiger partial charge in [0.1, 0.15) is 0 Å². The Hall–Kier alpha value is -2.11. The van der Waals surface area contributed by atoms with E-state index in [2.05, 4.69) is 26.3 Å². The van der Waals surface area contributed by atoms with Crippen LogP contribution in [0, 0.1) is 13.8 Å². The molecule has 0 atom stereocenters. The van der Waals surface area contributed by atoms with Crippen molar-refractivity contribution in [2.45, 2.75) is 13.8 Å². The summed E-state index contributed by atoms with van der Waals surface area (Å²) >= 11 is 9.55. The van der Waals surface area contributed by atoms with Crippen LogP contribution < -0.4 is 5.32 Å². The lowest BCUT2D eigenvalue weighted by atomic mass is 10.2. The molecule has 2 aromatic carbocycles. The Kier molecular flexibility index (Phi) is 4.73. The normalized spacial score (nSPS) is 10.7. The molecule has 0 fully saturated rings. The predicted octanol–water partition coefficient (Wildman–Crippen LogP) is 5.16. The van der Waals surface area contributed by atoms with Gasteiger partial charge in [0.25, 0.3) is 5.91 Å². The second-order valence-electron chi connectivity index (χ2n) is 5.41. The number of carbonyl (C=O) groups excluding carboxylic acids is 1. The van der Waals surface area contributed by atoms with Crippen molar-refractivity contribution in [3.05, 3.63) is 75.0 Å². The minimum Gasteiger partial charge on any atom is -0.322 e. The van der Waals surface area contributed by atoms with E-state index in [0.717, 1.165) is 27.2 Å². The van der Waals surface area contributed by atoms with E-state index < -0.39 is 0 Å². The molecule has 0 saturated heterocycles. The van der Waals surface area contributed by atoms with Gasteiger partial charge in [-0.1, -0.05) is 33.6 Å². The molecule has 24 heavy (non-hydrogen) atoms. The number of hydrogen-bond acceptors (Lipinski definition) is 2. The quantitative estimate of drug-likeness (QED) is 0.655. The first kappa shape index (κ1) is 16.7. The van der Waals surface area contributed by atoms with Crippen molar-refractivity contribution >= 4 is 39.1 Å². The fourth-order valence-corrected chi connectivity index (χ4v) is 2.91. The van der Waals surface area contributed by atoms with Crippen molar-refractivity contribution in [1.29, 1.82) is 0 Å². The Bertz CT molecular complexity index is 903. The van der Waals surface area contributed by atoms with Crippen LogP contribution in [0.1, 0.15) is 21.7 Å². The Morgan fingerprint density at radius 1 is 1.17 bits per heavy atom. The van der Waals surface area contributed by atoms with E-state index in [1.807, 2.05) is 50.2 Å². The number of amides is 1. The van der Waals surface area contributed by atoms with E-state index in [0.29, 0.717) is 10.6 Å². The number of carbonyl (C=O) groups is 1. The first-order valence-electron chi connectivity index (χ1n) is 7.35. The third-order valence-corrected chi connectivity index (χ3v) is 4.70. The number of anilines is 1. The molecule has 0 bridgehead atoms. The number of aromatic nitrogens is 2. The molecular weight excluding hydrogens is 390 g/mol. The molecule has 1 amide bonds. The molecule has 122 valence electrons. The van der Waals surface area contributed by atoms with Crippen LogP contribution in [-0.4, -0.2) is 15.7 Å². The number of hydrogen-bond donors (Lipinski definition) is 1. The maximum absolute atomic E-state index is 12.3. The highest BCUT2D eigenvalue weighted by Crippen LogP contribution is 2.23. The summed E-state index contributed by atoms with van der Waals surface area (Å²) in [5, 5.41) is 7.97. The molecular formula is C18H15BrClN3O. The molecule has 0 saturated carbocycles. The fourth-order valence-electron chi connectivity index (χ4n) is 2.39. The molecule has 3 rings (SSSR count). The summed E-state index contributed by atoms with van der Waals surface area (Å²) in [5.41, 5.74) is 3.89. The average molecular weight is 405 g/mol. The zero-order valence-corrected chi connectivity index (χ0v) is 15.5. The lowest BCUT2D eigenvalue weighted by Gasteiger charge is -2.08. The van der Waals surface area contributed by atoms with Gasteiger partial charge in [0.15, 0.2) is 0 Å². The first-order chi connectivity index (χ1) is 11.5. The lowest BCUT2D eigenvalue weighted by molar-refractivity contribution is 0.102. The van der Waals surface area contributed by atoms with Crippen LogP contribution >= 0.6 is 27.5 Å². The van der Waals surface area contributed by atoms with Gasteiger partial charge in [-0.05, 0) is 56.3 Å². The van der Waals surface area contributed by atoms with Crippen LogP contribution in [0.15, 0.2) is 53.0 Å². The summed E-state index contributed by atoms with van der Waals surface area (Å²) in [6, 6.07) is 14.7. The van der Waals surface area contributed by atoms with Gasteiger partial charge in [-0.2, -0.15) is 5.10 Å². The molecule has 0 spiro atoms. The third-order valence-electron chi connectivity index (χ3n) is 3.66. The smallest absolute Gasteiger partial charge is 0.255 e. The average Bonchev–Trinajstić information content (AvgIpc) is 2.83. The van der Waals surface area contributed by atoms with Crippen LogP contribution in [-0.2, 0) is 0 Å². The molecule has 4 nitrogen and oxygen atoms in total. The molecule has 1 aromatic heterocycles. The van der Waals surface area contributed by atoms with Gasteiger partial charge >= 0.3 is 0 Å². The monoisotopic (exact) mass is 403 g/mol. The van der Waals surface area contributed by atoms with Crippen LogP contribution in [0.4, 0.5) is 5.69 Å². The van der Waals surface area contributed by atoms with Crippen molar-refractivity contribution in [2.75, 3.05) is 5.32 Å². The first-order valence-corrected chi connectivity index (χ1v) is 8.52. The van der Waals surface area contributed by atoms with E-state index in [4.69, 9.17) is 11.6 Å². The maximum atomic E-state index is 12.3. The van der Waals surface area contributed by atoms with Gasteiger partial charge in [-0.25, -0.2) is 4.68 Å². The molecule has 6 heteroatoms. The molecule has 0 aliphatic rings. The standard InChI is InChI=1S/C18H15BrClN3O/c1-11-17(20)12(2)23(22-11)16-8-6-15(7-9-16)21-18(24)13-4-3-5-14(19)10-13/h3-10H,1-2H3,(H,21,24). The third kappa shape index (κ3) is 3.37. The zero-order chi connectivity index (χ0) is 17.3. The summed E-state index contributed by atoms with van der Waals surface area (Å²) in [7, 11) is 0. The molecule has 0 aliphatic heterocycles. The van der Waals surface area contributed by atoms with Crippen molar-refractivity contribution in [3.8, 4) is 5.69 Å². The zero-order valence-electron chi connectivity index (χ0n) is 13.2. The molecule has 0 radical (unpaired) electrons. The number of rotatable bonds is 3. The predicted molar refractivity (Wildman–Crippen MR) is 100 cm³/mol. The SMILES string of the molecule is Cc1nn(-c2ccc(NC(=O)c3cccc(Br)c3)cc2)c(C)c1Cl. The highest BCUT2D eigenvalue weighted by molar-refractivity contribution is 9.10. The molecule has 1 heterocycles. The number of aryl methyl sites for hydroxylation is 1.